The van der Waals surface area contributed by atoms with Crippen LogP contribution < -0.4 is 10.2 Å². The van der Waals surface area contributed by atoms with Crippen molar-refractivity contribution in [3.8, 4) is 0 Å². The van der Waals surface area contributed by atoms with Gasteiger partial charge in [0, 0.05) is 0 Å². The molecule has 0 aliphatic carbocycles. The second kappa shape index (κ2) is 8.69. The minimum absolute atomic E-state index is 0.130. The van der Waals surface area contributed by atoms with Crippen molar-refractivity contribution in [3.63, 3.8) is 0 Å². The van der Waals surface area contributed by atoms with Crippen molar-refractivity contribution < 1.29 is 23.5 Å². The van der Waals surface area contributed by atoms with Gasteiger partial charge >= 0.3 is 12.2 Å². The molecule has 2 amide bonds. The van der Waals surface area contributed by atoms with Crippen LogP contribution in [-0.4, -0.2) is 37.0 Å². The predicted molar refractivity (Wildman–Crippen MR) is 94.3 cm³/mol. The van der Waals surface area contributed by atoms with Gasteiger partial charge in [-0.3, -0.25) is 4.90 Å². The first-order valence-electron chi connectivity index (χ1n) is 8.37. The highest BCUT2D eigenvalue weighted by Crippen LogP contribution is 2.23. The molecule has 1 fully saturated rings. The molecule has 1 aromatic carbocycles. The lowest BCUT2D eigenvalue weighted by Gasteiger charge is -2.20. The number of amides is 2. The molecule has 1 aliphatic rings. The highest BCUT2D eigenvalue weighted by Gasteiger charge is 2.33. The van der Waals surface area contributed by atoms with Gasteiger partial charge in [-0.1, -0.05) is 19.9 Å². The van der Waals surface area contributed by atoms with Crippen LogP contribution in [0.5, 0.6) is 0 Å². The van der Waals surface area contributed by atoms with Gasteiger partial charge in [-0.15, -0.1) is 0 Å². The molecule has 2 rings (SSSR count). The average Bonchev–Trinajstić information content (AvgIpc) is 2.89. The number of nitrogens with one attached hydrogen (secondary N) is 1. The van der Waals surface area contributed by atoms with Gasteiger partial charge in [-0.25, -0.2) is 14.0 Å². The van der Waals surface area contributed by atoms with Crippen LogP contribution >= 0.6 is 0 Å². The molecule has 140 valence electrons. The Morgan fingerprint density at radius 3 is 2.60 bits per heavy atom. The number of benzene rings is 1. The molecule has 0 radical (unpaired) electrons. The minimum Gasteiger partial charge on any atom is -0.444 e. The smallest absolute Gasteiger partial charge is 0.414 e. The summed E-state index contributed by atoms with van der Waals surface area (Å²) in [5.74, 6) is -0.384. The van der Waals surface area contributed by atoms with Crippen molar-refractivity contribution in [2.24, 2.45) is 0 Å². The molecule has 1 aromatic rings. The van der Waals surface area contributed by atoms with Gasteiger partial charge in [0.2, 0.25) is 0 Å². The molecule has 0 bridgehead atoms. The number of cyclic esters (lactones) is 1. The van der Waals surface area contributed by atoms with Crippen molar-refractivity contribution in [2.45, 2.75) is 53.2 Å². The Morgan fingerprint density at radius 1 is 1.40 bits per heavy atom. The van der Waals surface area contributed by atoms with Gasteiger partial charge in [-0.05, 0) is 45.4 Å². The Bertz CT molecular complexity index is 614. The van der Waals surface area contributed by atoms with Gasteiger partial charge in [0.15, 0.2) is 0 Å². The topological polar surface area (TPSA) is 67.9 Å². The van der Waals surface area contributed by atoms with Gasteiger partial charge in [0.1, 0.15) is 17.5 Å². The summed E-state index contributed by atoms with van der Waals surface area (Å²) in [6.45, 7) is 11.3. The zero-order valence-corrected chi connectivity index (χ0v) is 15.7. The molecule has 0 spiro atoms. The van der Waals surface area contributed by atoms with E-state index in [0.717, 1.165) is 0 Å². The molecule has 1 saturated heterocycles. The highest BCUT2D eigenvalue weighted by molar-refractivity contribution is 5.89. The molecule has 1 N–H and O–H groups in total. The first-order chi connectivity index (χ1) is 11.7. The van der Waals surface area contributed by atoms with Crippen molar-refractivity contribution in [1.29, 1.82) is 0 Å². The molecular weight excluding hydrogens is 327 g/mol. The van der Waals surface area contributed by atoms with E-state index in [2.05, 4.69) is 5.32 Å². The average molecular weight is 354 g/mol. The third kappa shape index (κ3) is 6.25. The van der Waals surface area contributed by atoms with Gasteiger partial charge in [-0.2, -0.15) is 0 Å². The summed E-state index contributed by atoms with van der Waals surface area (Å²) >= 11 is 0. The van der Waals surface area contributed by atoms with Crippen molar-refractivity contribution in [3.05, 3.63) is 29.6 Å². The molecule has 6 nitrogen and oxygen atoms in total. The fourth-order valence-electron chi connectivity index (χ4n) is 2.10. The molecular formula is C18H27FN2O4. The first-order valence-corrected chi connectivity index (χ1v) is 8.37. The van der Waals surface area contributed by atoms with Crippen molar-refractivity contribution in [2.75, 3.05) is 18.0 Å². The number of anilines is 1. The Kier molecular flexibility index (Phi) is 7.21. The Morgan fingerprint density at radius 2 is 2.04 bits per heavy atom. The normalized spacial score (nSPS) is 16.7. The van der Waals surface area contributed by atoms with Crippen LogP contribution in [0.1, 0.15) is 40.2 Å². The van der Waals surface area contributed by atoms with E-state index in [1.807, 2.05) is 13.8 Å². The quantitative estimate of drug-likeness (QED) is 0.890. The second-order valence-corrected chi connectivity index (χ2v) is 6.43. The van der Waals surface area contributed by atoms with Crippen molar-refractivity contribution in [1.82, 2.24) is 5.32 Å². The van der Waals surface area contributed by atoms with Gasteiger partial charge in [0.25, 0.3) is 0 Å². The largest absolute Gasteiger partial charge is 0.444 e. The van der Waals surface area contributed by atoms with E-state index in [4.69, 9.17) is 9.47 Å². The van der Waals surface area contributed by atoms with Crippen LogP contribution in [-0.2, 0) is 9.47 Å². The minimum atomic E-state index is -0.595. The van der Waals surface area contributed by atoms with E-state index in [1.54, 1.807) is 39.8 Å². The van der Waals surface area contributed by atoms with E-state index in [9.17, 15) is 14.0 Å². The van der Waals surface area contributed by atoms with E-state index in [1.165, 1.54) is 11.0 Å². The molecule has 7 heteroatoms. The number of alkyl carbamates (subject to hydrolysis) is 1. The molecule has 1 aliphatic heterocycles. The van der Waals surface area contributed by atoms with Crippen molar-refractivity contribution >= 4 is 17.9 Å². The number of hydrogen-bond acceptors (Lipinski definition) is 4. The standard InChI is InChI=1S/C16H21FN2O4.C2H6/c1-10-5-6-11(7-13(10)17)19-9-12(22-15(19)21)8-18-14(20)23-16(2,3)4;1-2/h5-7,12H,8-9H2,1-4H3,(H,18,20);1-2H3. The number of ether oxygens (including phenoxy) is 2. The summed E-state index contributed by atoms with van der Waals surface area (Å²) < 4.78 is 23.9. The zero-order valence-electron chi connectivity index (χ0n) is 15.7. The van der Waals surface area contributed by atoms with Crippen LogP contribution in [0.15, 0.2) is 18.2 Å². The lowest BCUT2D eigenvalue weighted by molar-refractivity contribution is 0.0496. The summed E-state index contributed by atoms with van der Waals surface area (Å²) in [6, 6.07) is 4.55. The van der Waals surface area contributed by atoms with Crippen LogP contribution in [0.3, 0.4) is 0 Å². The van der Waals surface area contributed by atoms with E-state index in [-0.39, 0.29) is 18.9 Å². The van der Waals surface area contributed by atoms with E-state index < -0.39 is 23.9 Å². The number of halogens is 1. The lowest BCUT2D eigenvalue weighted by atomic mass is 10.2. The maximum absolute atomic E-state index is 13.6. The zero-order chi connectivity index (χ0) is 19.2. The number of rotatable bonds is 3. The van der Waals surface area contributed by atoms with Crippen LogP contribution in [0, 0.1) is 12.7 Å². The maximum atomic E-state index is 13.6. The number of hydrogen-bond donors (Lipinski definition) is 1. The Hall–Kier alpha value is -2.31. The van der Waals surface area contributed by atoms with Gasteiger partial charge < -0.3 is 14.8 Å². The highest BCUT2D eigenvalue weighted by atomic mass is 19.1. The lowest BCUT2D eigenvalue weighted by Crippen LogP contribution is -2.38. The summed E-state index contributed by atoms with van der Waals surface area (Å²) in [5, 5.41) is 2.56. The van der Waals surface area contributed by atoms with Crippen LogP contribution in [0.2, 0.25) is 0 Å². The number of aryl methyl sites for hydroxylation is 1. The van der Waals surface area contributed by atoms with E-state index in [0.29, 0.717) is 11.3 Å². The van der Waals surface area contributed by atoms with Crippen LogP contribution in [0.4, 0.5) is 19.7 Å². The van der Waals surface area contributed by atoms with Gasteiger partial charge in [0.05, 0.1) is 18.8 Å². The summed E-state index contributed by atoms with van der Waals surface area (Å²) in [7, 11) is 0. The molecule has 0 saturated carbocycles. The molecule has 1 unspecified atom stereocenters. The third-order valence-corrected chi connectivity index (χ3v) is 3.21. The second-order valence-electron chi connectivity index (χ2n) is 6.43. The predicted octanol–water partition coefficient (Wildman–Crippen LogP) is 4.01. The Balaban J connectivity index is 0.00000151. The first kappa shape index (κ1) is 20.7. The summed E-state index contributed by atoms with van der Waals surface area (Å²) in [5.41, 5.74) is 0.337. The fraction of sp³-hybridized carbons (Fsp3) is 0.556. The molecule has 1 heterocycles. The third-order valence-electron chi connectivity index (χ3n) is 3.21. The van der Waals surface area contributed by atoms with E-state index >= 15 is 0 Å². The maximum Gasteiger partial charge on any atom is 0.414 e. The molecule has 25 heavy (non-hydrogen) atoms. The number of nitrogens with zero attached hydrogens (tertiary/aromatic N) is 1. The monoisotopic (exact) mass is 354 g/mol. The molecule has 0 aromatic heterocycles. The Labute approximate surface area is 148 Å². The van der Waals surface area contributed by atoms with Crippen LogP contribution in [0.25, 0.3) is 0 Å². The summed E-state index contributed by atoms with van der Waals surface area (Å²) in [6.07, 6.45) is -1.66. The summed E-state index contributed by atoms with van der Waals surface area (Å²) in [4.78, 5) is 24.8. The number of carbonyl (C=O) groups is 2. The number of carbonyl (C=O) groups excluding carboxylic acids is 2. The SMILES string of the molecule is CC.Cc1ccc(N2CC(CNC(=O)OC(C)(C)C)OC2=O)cc1F. The fourth-order valence-corrected chi connectivity index (χ4v) is 2.10. The molecule has 1 atom stereocenters.